The predicted molar refractivity (Wildman–Crippen MR) is 135 cm³/mol. The van der Waals surface area contributed by atoms with Crippen molar-refractivity contribution in [1.29, 1.82) is 0 Å². The summed E-state index contributed by atoms with van der Waals surface area (Å²) in [5.74, 6) is 0.370. The van der Waals surface area contributed by atoms with Gasteiger partial charge in [0.25, 0.3) is 0 Å². The van der Waals surface area contributed by atoms with Gasteiger partial charge in [0.2, 0.25) is 5.91 Å². The van der Waals surface area contributed by atoms with E-state index in [9.17, 15) is 15.0 Å². The first-order chi connectivity index (χ1) is 16.1. The van der Waals surface area contributed by atoms with Crippen LogP contribution in [0, 0.1) is 0 Å². The first-order valence-corrected chi connectivity index (χ1v) is 11.4. The number of β-amino-alcohol motifs (C(OH)–C–C–N with tert-alkyl or cyclic N) is 1. The number of anilines is 1. The first kappa shape index (κ1) is 25.5. The zero-order valence-corrected chi connectivity index (χ0v) is 20.1. The Morgan fingerprint density at radius 2 is 1.88 bits per heavy atom. The molecule has 1 atom stereocenters. The second kappa shape index (κ2) is 11.3. The minimum Gasteiger partial charge on any atom is -0.508 e. The lowest BCUT2D eigenvalue weighted by atomic mass is 9.93. The van der Waals surface area contributed by atoms with Gasteiger partial charge >= 0.3 is 0 Å². The number of carbonyl (C=O) groups is 1. The third-order valence-corrected chi connectivity index (χ3v) is 5.62. The van der Waals surface area contributed by atoms with Crippen LogP contribution in [0.5, 0.6) is 5.75 Å². The summed E-state index contributed by atoms with van der Waals surface area (Å²) >= 11 is 5.94. The number of nitrogens with one attached hydrogen (secondary N) is 2. The smallest absolute Gasteiger partial charge is 0.224 e. The van der Waals surface area contributed by atoms with Gasteiger partial charge in [-0.2, -0.15) is 0 Å². The highest BCUT2D eigenvalue weighted by atomic mass is 35.5. The number of rotatable bonds is 10. The number of aliphatic hydroxyl groups is 1. The number of nitrogens with two attached hydrogens (primary N) is 1. The zero-order chi connectivity index (χ0) is 24.7. The summed E-state index contributed by atoms with van der Waals surface area (Å²) in [5, 5.41) is 26.8. The zero-order valence-electron chi connectivity index (χ0n) is 19.4. The number of phenolic OH excluding ortho intramolecular Hbond substituents is 1. The average molecular weight is 483 g/mol. The summed E-state index contributed by atoms with van der Waals surface area (Å²) in [5.41, 5.74) is 8.76. The molecule has 0 aliphatic heterocycles. The van der Waals surface area contributed by atoms with Gasteiger partial charge in [0.15, 0.2) is 0 Å². The maximum Gasteiger partial charge on any atom is 0.224 e. The van der Waals surface area contributed by atoms with E-state index in [1.807, 2.05) is 24.3 Å². The lowest BCUT2D eigenvalue weighted by Crippen LogP contribution is -2.43. The summed E-state index contributed by atoms with van der Waals surface area (Å²) in [6.45, 7) is 4.80. The van der Waals surface area contributed by atoms with E-state index in [2.05, 4.69) is 29.5 Å². The van der Waals surface area contributed by atoms with E-state index in [1.54, 1.807) is 30.5 Å². The molecular formula is C26H31ClN4O3. The Hall–Kier alpha value is -3.13. The highest BCUT2D eigenvalue weighted by molar-refractivity contribution is 6.30. The number of aromatic hydroxyl groups is 1. The molecule has 0 aliphatic carbocycles. The Kier molecular flexibility index (Phi) is 8.50. The fourth-order valence-corrected chi connectivity index (χ4v) is 3.96. The van der Waals surface area contributed by atoms with E-state index in [-0.39, 0.29) is 30.2 Å². The number of amides is 1. The van der Waals surface area contributed by atoms with Crippen LogP contribution in [0.4, 0.5) is 5.82 Å². The number of aliphatic hydroxyl groups excluding tert-OH is 1. The minimum atomic E-state index is -0.691. The van der Waals surface area contributed by atoms with Crippen molar-refractivity contribution in [1.82, 2.24) is 15.6 Å². The van der Waals surface area contributed by atoms with Crippen LogP contribution in [-0.4, -0.2) is 33.2 Å². The summed E-state index contributed by atoms with van der Waals surface area (Å²) in [4.78, 5) is 16.4. The predicted octanol–water partition coefficient (Wildman–Crippen LogP) is 3.53. The molecule has 0 saturated heterocycles. The highest BCUT2D eigenvalue weighted by Gasteiger charge is 2.20. The van der Waals surface area contributed by atoms with E-state index in [4.69, 9.17) is 17.3 Å². The number of aromatic nitrogens is 1. The molecule has 0 radical (unpaired) electrons. The number of hydrogen-bond donors (Lipinski definition) is 5. The quantitative estimate of drug-likeness (QED) is 0.301. The van der Waals surface area contributed by atoms with Crippen LogP contribution in [0.2, 0.25) is 5.02 Å². The lowest BCUT2D eigenvalue weighted by Gasteiger charge is -2.28. The van der Waals surface area contributed by atoms with Crippen molar-refractivity contribution in [2.24, 2.45) is 0 Å². The molecule has 7 nitrogen and oxygen atoms in total. The van der Waals surface area contributed by atoms with E-state index < -0.39 is 6.10 Å². The van der Waals surface area contributed by atoms with Gasteiger partial charge < -0.3 is 26.6 Å². The number of nitrogens with zero attached hydrogens (tertiary/aromatic N) is 1. The Bertz CT molecular complexity index is 1100. The molecule has 0 aliphatic rings. The summed E-state index contributed by atoms with van der Waals surface area (Å²) in [6.07, 6.45) is 1.86. The lowest BCUT2D eigenvalue weighted by molar-refractivity contribution is -0.120. The first-order valence-electron chi connectivity index (χ1n) is 11.1. The summed E-state index contributed by atoms with van der Waals surface area (Å²) in [7, 11) is 0. The molecule has 0 unspecified atom stereocenters. The molecule has 0 spiro atoms. The van der Waals surface area contributed by atoms with Crippen molar-refractivity contribution in [2.75, 3.05) is 12.3 Å². The Morgan fingerprint density at radius 3 is 2.59 bits per heavy atom. The van der Waals surface area contributed by atoms with Gasteiger partial charge in [-0.25, -0.2) is 4.98 Å². The third kappa shape index (κ3) is 8.02. The van der Waals surface area contributed by atoms with Crippen molar-refractivity contribution in [3.63, 3.8) is 0 Å². The molecule has 1 amide bonds. The van der Waals surface area contributed by atoms with Crippen LogP contribution in [0.1, 0.15) is 42.2 Å². The molecule has 6 N–H and O–H groups in total. The van der Waals surface area contributed by atoms with E-state index in [0.717, 1.165) is 23.1 Å². The average Bonchev–Trinajstić information content (AvgIpc) is 2.76. The molecule has 1 aromatic heterocycles. The van der Waals surface area contributed by atoms with Gasteiger partial charge in [0, 0.05) is 35.4 Å². The van der Waals surface area contributed by atoms with E-state index >= 15 is 0 Å². The second-order valence-electron chi connectivity index (χ2n) is 9.06. The van der Waals surface area contributed by atoms with Crippen molar-refractivity contribution in [2.45, 2.75) is 44.9 Å². The number of hydrogen-bond acceptors (Lipinski definition) is 6. The summed E-state index contributed by atoms with van der Waals surface area (Å²) in [6, 6.07) is 16.1. The Labute approximate surface area is 205 Å². The SMILES string of the molecule is CC(C)(Cc1cccc(CC(=O)NCc2cc(O)cc(Cl)c2)c1)NC[C@@H](O)c1ccc(N)nc1. The van der Waals surface area contributed by atoms with Gasteiger partial charge in [-0.05, 0) is 61.2 Å². The van der Waals surface area contributed by atoms with Crippen LogP contribution < -0.4 is 16.4 Å². The molecule has 34 heavy (non-hydrogen) atoms. The minimum absolute atomic E-state index is 0.0679. The molecule has 180 valence electrons. The van der Waals surface area contributed by atoms with Gasteiger partial charge in [0.05, 0.1) is 12.5 Å². The molecule has 1 heterocycles. The number of carbonyl (C=O) groups excluding carboxylic acids is 1. The van der Waals surface area contributed by atoms with Crippen molar-refractivity contribution in [3.05, 3.63) is 88.1 Å². The van der Waals surface area contributed by atoms with Gasteiger partial charge in [-0.15, -0.1) is 0 Å². The van der Waals surface area contributed by atoms with Crippen LogP contribution >= 0.6 is 11.6 Å². The number of pyridine rings is 1. The molecule has 3 rings (SSSR count). The van der Waals surface area contributed by atoms with Gasteiger partial charge in [0.1, 0.15) is 11.6 Å². The Balaban J connectivity index is 1.52. The van der Waals surface area contributed by atoms with Crippen molar-refractivity contribution in [3.8, 4) is 5.75 Å². The van der Waals surface area contributed by atoms with Crippen molar-refractivity contribution < 1.29 is 15.0 Å². The highest BCUT2D eigenvalue weighted by Crippen LogP contribution is 2.20. The van der Waals surface area contributed by atoms with Gasteiger partial charge in [-0.1, -0.05) is 41.9 Å². The van der Waals surface area contributed by atoms with Crippen molar-refractivity contribution >= 4 is 23.3 Å². The molecule has 8 heteroatoms. The second-order valence-corrected chi connectivity index (χ2v) is 9.50. The van der Waals surface area contributed by atoms with Crippen LogP contribution in [0.15, 0.2) is 60.8 Å². The maximum absolute atomic E-state index is 12.4. The van der Waals surface area contributed by atoms with E-state index in [1.165, 1.54) is 6.07 Å². The molecule has 0 saturated carbocycles. The normalized spacial score (nSPS) is 12.4. The van der Waals surface area contributed by atoms with Crippen LogP contribution in [0.25, 0.3) is 0 Å². The van der Waals surface area contributed by atoms with Crippen LogP contribution in [0.3, 0.4) is 0 Å². The number of benzene rings is 2. The molecule has 3 aromatic rings. The monoisotopic (exact) mass is 482 g/mol. The summed E-state index contributed by atoms with van der Waals surface area (Å²) < 4.78 is 0. The van der Waals surface area contributed by atoms with E-state index in [0.29, 0.717) is 22.9 Å². The fourth-order valence-electron chi connectivity index (χ4n) is 3.71. The number of phenols is 1. The van der Waals surface area contributed by atoms with Gasteiger partial charge in [-0.3, -0.25) is 4.79 Å². The third-order valence-electron chi connectivity index (χ3n) is 5.40. The molecule has 2 aromatic carbocycles. The molecule has 0 fully saturated rings. The standard InChI is InChI=1S/C26H31ClN4O3/c1-26(2,31-16-23(33)20-6-7-24(28)29-15-20)13-18-5-3-4-17(8-18)11-25(34)30-14-19-9-21(27)12-22(32)10-19/h3-10,12,15,23,31-33H,11,13-14,16H2,1-2H3,(H2,28,29)(H,30,34)/t23-/m1/s1. The Morgan fingerprint density at radius 1 is 1.12 bits per heavy atom. The number of halogens is 1. The maximum atomic E-state index is 12.4. The largest absolute Gasteiger partial charge is 0.508 e. The topological polar surface area (TPSA) is 120 Å². The molecule has 0 bridgehead atoms. The fraction of sp³-hybridized carbons (Fsp3) is 0.308. The molecular weight excluding hydrogens is 452 g/mol. The number of nitrogen functional groups attached to an aromatic ring is 1. The van der Waals surface area contributed by atoms with Crippen LogP contribution in [-0.2, 0) is 24.2 Å².